The molecule has 2 rings (SSSR count). The van der Waals surface area contributed by atoms with Gasteiger partial charge < -0.3 is 21.1 Å². The minimum atomic E-state index is -0.592. The monoisotopic (exact) mass is 409 g/mol. The minimum absolute atomic E-state index is 0.0297. The van der Waals surface area contributed by atoms with Gasteiger partial charge in [0.1, 0.15) is 5.75 Å². The van der Waals surface area contributed by atoms with Crippen molar-refractivity contribution in [3.63, 3.8) is 0 Å². The van der Waals surface area contributed by atoms with Crippen LogP contribution in [0.25, 0.3) is 0 Å². The summed E-state index contributed by atoms with van der Waals surface area (Å²) in [6.45, 7) is 3.81. The molecule has 0 aliphatic rings. The van der Waals surface area contributed by atoms with E-state index in [2.05, 4.69) is 10.6 Å². The fourth-order valence-corrected chi connectivity index (χ4v) is 2.83. The Hall–Kier alpha value is -3.12. The number of benzene rings is 2. The van der Waals surface area contributed by atoms with E-state index in [4.69, 9.17) is 10.5 Å². The van der Waals surface area contributed by atoms with E-state index in [1.54, 1.807) is 37.5 Å². The van der Waals surface area contributed by atoms with Gasteiger partial charge in [0.2, 0.25) is 11.8 Å². The molecule has 0 aliphatic carbocycles. The number of ether oxygens (including phenoxy) is 1. The molecular weight excluding hydrogens is 378 g/mol. The van der Waals surface area contributed by atoms with Gasteiger partial charge in [0.15, 0.2) is 0 Å². The van der Waals surface area contributed by atoms with Gasteiger partial charge in [-0.05, 0) is 48.6 Å². The largest absolute Gasteiger partial charge is 0.497 e. The quantitative estimate of drug-likeness (QED) is 0.525. The van der Waals surface area contributed by atoms with Gasteiger partial charge in [-0.15, -0.1) is 0 Å². The maximum absolute atomic E-state index is 12.4. The average molecular weight is 410 g/mol. The van der Waals surface area contributed by atoms with E-state index in [0.29, 0.717) is 17.9 Å². The van der Waals surface area contributed by atoms with Crippen LogP contribution in [0, 0.1) is 5.92 Å². The van der Waals surface area contributed by atoms with Crippen LogP contribution in [0.5, 0.6) is 5.75 Å². The minimum Gasteiger partial charge on any atom is -0.497 e. The summed E-state index contributed by atoms with van der Waals surface area (Å²) in [4.78, 5) is 24.7. The van der Waals surface area contributed by atoms with Crippen molar-refractivity contribution in [3.8, 4) is 5.75 Å². The van der Waals surface area contributed by atoms with Crippen LogP contribution in [0.1, 0.15) is 25.8 Å². The molecule has 2 aromatic rings. The number of anilines is 1. The average Bonchev–Trinajstić information content (AvgIpc) is 2.76. The van der Waals surface area contributed by atoms with Crippen molar-refractivity contribution in [2.24, 2.45) is 11.7 Å². The maximum atomic E-state index is 12.4. The molecule has 0 radical (unpaired) electrons. The van der Waals surface area contributed by atoms with E-state index in [1.807, 2.05) is 44.2 Å². The zero-order chi connectivity index (χ0) is 21.9. The van der Waals surface area contributed by atoms with Crippen LogP contribution in [-0.2, 0) is 16.0 Å². The third-order valence-corrected chi connectivity index (χ3v) is 4.77. The molecule has 0 bridgehead atoms. The molecule has 2 atom stereocenters. The van der Waals surface area contributed by atoms with Crippen molar-refractivity contribution in [1.29, 1.82) is 0 Å². The van der Waals surface area contributed by atoms with E-state index >= 15 is 0 Å². The van der Waals surface area contributed by atoms with Crippen molar-refractivity contribution < 1.29 is 14.3 Å². The van der Waals surface area contributed by atoms with Gasteiger partial charge in [0, 0.05) is 17.8 Å². The molecule has 160 valence electrons. The molecule has 0 saturated heterocycles. The zero-order valence-electron chi connectivity index (χ0n) is 17.8. The molecule has 2 aromatic carbocycles. The lowest BCUT2D eigenvalue weighted by Gasteiger charge is -2.20. The second-order valence-electron chi connectivity index (χ2n) is 7.49. The molecule has 0 aromatic heterocycles. The molecule has 0 spiro atoms. The Morgan fingerprint density at radius 2 is 1.73 bits per heavy atom. The number of aryl methyl sites for hydroxylation is 1. The maximum Gasteiger partial charge on any atom is 0.248 e. The predicted molar refractivity (Wildman–Crippen MR) is 120 cm³/mol. The number of rotatable bonds is 10. The summed E-state index contributed by atoms with van der Waals surface area (Å²) < 4.78 is 5.11. The predicted octanol–water partition coefficient (Wildman–Crippen LogP) is 3.29. The fraction of sp³-hybridized carbons (Fsp3) is 0.333. The molecule has 4 N–H and O–H groups in total. The third-order valence-electron chi connectivity index (χ3n) is 4.77. The van der Waals surface area contributed by atoms with Crippen LogP contribution < -0.4 is 21.1 Å². The van der Waals surface area contributed by atoms with E-state index < -0.39 is 6.04 Å². The summed E-state index contributed by atoms with van der Waals surface area (Å²) in [5, 5.41) is 5.75. The Morgan fingerprint density at radius 1 is 1.07 bits per heavy atom. The van der Waals surface area contributed by atoms with Gasteiger partial charge in [0.05, 0.1) is 13.2 Å². The summed E-state index contributed by atoms with van der Waals surface area (Å²) >= 11 is 0. The Bertz CT molecular complexity index is 833. The molecule has 0 aliphatic heterocycles. The van der Waals surface area contributed by atoms with Crippen LogP contribution in [0.2, 0.25) is 0 Å². The Kier molecular flexibility index (Phi) is 9.09. The lowest BCUT2D eigenvalue weighted by Crippen LogP contribution is -2.47. The van der Waals surface area contributed by atoms with Crippen LogP contribution in [-0.4, -0.2) is 31.0 Å². The van der Waals surface area contributed by atoms with E-state index in [0.717, 1.165) is 6.42 Å². The molecule has 0 fully saturated rings. The molecule has 30 heavy (non-hydrogen) atoms. The van der Waals surface area contributed by atoms with Crippen molar-refractivity contribution >= 4 is 17.5 Å². The lowest BCUT2D eigenvalue weighted by molar-refractivity contribution is -0.123. The van der Waals surface area contributed by atoms with Crippen molar-refractivity contribution in [2.75, 3.05) is 12.4 Å². The van der Waals surface area contributed by atoms with Gasteiger partial charge in [-0.25, -0.2) is 0 Å². The van der Waals surface area contributed by atoms with Gasteiger partial charge in [0.25, 0.3) is 0 Å². The normalized spacial score (nSPS) is 13.1. The first-order valence-electron chi connectivity index (χ1n) is 10.1. The molecule has 6 heteroatoms. The Morgan fingerprint density at radius 3 is 2.33 bits per heavy atom. The number of nitrogens with one attached hydrogen (secondary N) is 2. The number of carbonyl (C=O) groups is 2. The summed E-state index contributed by atoms with van der Waals surface area (Å²) in [6.07, 6.45) is 4.59. The molecule has 1 unspecified atom stereocenters. The molecule has 0 saturated carbocycles. The molecule has 2 amide bonds. The van der Waals surface area contributed by atoms with Gasteiger partial charge in [-0.1, -0.05) is 50.3 Å². The summed E-state index contributed by atoms with van der Waals surface area (Å²) in [5.74, 6) is 0.256. The topological polar surface area (TPSA) is 93.5 Å². The highest BCUT2D eigenvalue weighted by Gasteiger charge is 2.19. The fourth-order valence-electron chi connectivity index (χ4n) is 2.83. The van der Waals surface area contributed by atoms with Crippen LogP contribution >= 0.6 is 0 Å². The van der Waals surface area contributed by atoms with E-state index in [9.17, 15) is 9.59 Å². The SMILES string of the molecule is COc1ccc(NC(=O)C=CC(CCc2ccccc2)NC(=O)[C@@H](N)C(C)C)cc1. The Labute approximate surface area is 178 Å². The van der Waals surface area contributed by atoms with Crippen LogP contribution in [0.15, 0.2) is 66.7 Å². The van der Waals surface area contributed by atoms with Crippen molar-refractivity contribution in [3.05, 3.63) is 72.3 Å². The number of methoxy groups -OCH3 is 1. The third kappa shape index (κ3) is 7.72. The second-order valence-corrected chi connectivity index (χ2v) is 7.49. The molecule has 6 nitrogen and oxygen atoms in total. The van der Waals surface area contributed by atoms with E-state index in [1.165, 1.54) is 11.6 Å². The first-order chi connectivity index (χ1) is 14.4. The number of hydrogen-bond acceptors (Lipinski definition) is 4. The van der Waals surface area contributed by atoms with Gasteiger partial charge in [-0.2, -0.15) is 0 Å². The zero-order valence-corrected chi connectivity index (χ0v) is 17.8. The smallest absolute Gasteiger partial charge is 0.248 e. The van der Waals surface area contributed by atoms with Crippen molar-refractivity contribution in [1.82, 2.24) is 5.32 Å². The van der Waals surface area contributed by atoms with Gasteiger partial charge in [-0.3, -0.25) is 9.59 Å². The highest BCUT2D eigenvalue weighted by atomic mass is 16.5. The lowest BCUT2D eigenvalue weighted by atomic mass is 10.0. The summed E-state index contributed by atoms with van der Waals surface area (Å²) in [7, 11) is 1.59. The number of carbonyl (C=O) groups excluding carboxylic acids is 2. The second kappa shape index (κ2) is 11.8. The summed E-state index contributed by atoms with van der Waals surface area (Å²) in [6, 6.07) is 16.2. The first-order valence-corrected chi connectivity index (χ1v) is 10.1. The standard InChI is InChI=1S/C24H31N3O3/c1-17(2)23(25)24(29)27-20(10-9-18-7-5-4-6-8-18)13-16-22(28)26-19-11-14-21(30-3)15-12-19/h4-8,11-17,20,23H,9-10,25H2,1-3H3,(H,26,28)(H,27,29)/t20?,23-/m0/s1. The van der Waals surface area contributed by atoms with E-state index in [-0.39, 0.29) is 23.8 Å². The van der Waals surface area contributed by atoms with Gasteiger partial charge >= 0.3 is 0 Å². The number of nitrogens with two attached hydrogens (primary N) is 1. The number of hydrogen-bond donors (Lipinski definition) is 3. The molecular formula is C24H31N3O3. The first kappa shape index (κ1) is 23.2. The van der Waals surface area contributed by atoms with Crippen LogP contribution in [0.3, 0.4) is 0 Å². The summed E-state index contributed by atoms with van der Waals surface area (Å²) in [5.41, 5.74) is 7.80. The highest BCUT2D eigenvalue weighted by Crippen LogP contribution is 2.15. The van der Waals surface area contributed by atoms with Crippen LogP contribution in [0.4, 0.5) is 5.69 Å². The highest BCUT2D eigenvalue weighted by molar-refractivity contribution is 5.99. The van der Waals surface area contributed by atoms with Crippen molar-refractivity contribution in [2.45, 2.75) is 38.8 Å². The molecule has 0 heterocycles. The number of amides is 2. The Balaban J connectivity index is 2.01.